The molecule has 0 bridgehead atoms. The Kier molecular flexibility index (Phi) is 3.26. The Morgan fingerprint density at radius 2 is 2.15 bits per heavy atom. The summed E-state index contributed by atoms with van der Waals surface area (Å²) in [5, 5.41) is 0. The van der Waals surface area contributed by atoms with E-state index < -0.39 is 0 Å². The van der Waals surface area contributed by atoms with Crippen LogP contribution in [-0.2, 0) is 4.79 Å². The third-order valence-electron chi connectivity index (χ3n) is 1.83. The summed E-state index contributed by atoms with van der Waals surface area (Å²) in [4.78, 5) is 10.1. The standard InChI is InChI=1S/C11H12O2/c1-9-8-11(13-2)6-5-10(9)4-3-7-12/h3-8H,1-2H3/b4-3+. The molecule has 13 heavy (non-hydrogen) atoms. The van der Waals surface area contributed by atoms with Crippen molar-refractivity contribution in [3.05, 3.63) is 35.4 Å². The number of aryl methyl sites for hydroxylation is 1. The molecule has 0 saturated heterocycles. The van der Waals surface area contributed by atoms with Crippen LogP contribution in [0.25, 0.3) is 6.08 Å². The van der Waals surface area contributed by atoms with Crippen LogP contribution in [0.1, 0.15) is 11.1 Å². The number of aldehydes is 1. The number of allylic oxidation sites excluding steroid dienone is 1. The zero-order chi connectivity index (χ0) is 9.68. The highest BCUT2D eigenvalue weighted by Gasteiger charge is 1.95. The summed E-state index contributed by atoms with van der Waals surface area (Å²) in [6, 6.07) is 5.73. The minimum absolute atomic E-state index is 0.768. The van der Waals surface area contributed by atoms with Gasteiger partial charge in [0, 0.05) is 0 Å². The summed E-state index contributed by atoms with van der Waals surface area (Å²) in [6.45, 7) is 1.98. The molecule has 2 heteroatoms. The van der Waals surface area contributed by atoms with Crippen molar-refractivity contribution in [1.82, 2.24) is 0 Å². The molecule has 0 amide bonds. The lowest BCUT2D eigenvalue weighted by Gasteiger charge is -2.03. The molecule has 0 spiro atoms. The van der Waals surface area contributed by atoms with Crippen molar-refractivity contribution in [2.45, 2.75) is 6.92 Å². The van der Waals surface area contributed by atoms with Crippen molar-refractivity contribution in [3.8, 4) is 5.75 Å². The molecule has 0 saturated carbocycles. The van der Waals surface area contributed by atoms with E-state index in [2.05, 4.69) is 0 Å². The molecule has 0 N–H and O–H groups in total. The van der Waals surface area contributed by atoms with E-state index in [1.54, 1.807) is 13.2 Å². The number of methoxy groups -OCH3 is 1. The molecule has 0 fully saturated rings. The summed E-state index contributed by atoms with van der Waals surface area (Å²) in [7, 11) is 1.63. The molecule has 0 unspecified atom stereocenters. The lowest BCUT2D eigenvalue weighted by Crippen LogP contribution is -1.85. The maximum absolute atomic E-state index is 10.1. The van der Waals surface area contributed by atoms with Crippen LogP contribution in [0.3, 0.4) is 0 Å². The van der Waals surface area contributed by atoms with Crippen LogP contribution in [0, 0.1) is 6.92 Å². The Morgan fingerprint density at radius 1 is 1.38 bits per heavy atom. The van der Waals surface area contributed by atoms with Gasteiger partial charge in [0.15, 0.2) is 0 Å². The quantitative estimate of drug-likeness (QED) is 0.521. The molecule has 2 nitrogen and oxygen atoms in total. The van der Waals surface area contributed by atoms with Crippen molar-refractivity contribution >= 4 is 12.4 Å². The van der Waals surface area contributed by atoms with Gasteiger partial charge >= 0.3 is 0 Å². The lowest BCUT2D eigenvalue weighted by atomic mass is 10.1. The third kappa shape index (κ3) is 2.44. The fourth-order valence-electron chi connectivity index (χ4n) is 1.11. The van der Waals surface area contributed by atoms with Gasteiger partial charge in [0.1, 0.15) is 12.0 Å². The van der Waals surface area contributed by atoms with E-state index in [-0.39, 0.29) is 0 Å². The minimum atomic E-state index is 0.768. The molecule has 0 heterocycles. The predicted molar refractivity (Wildman–Crippen MR) is 52.8 cm³/mol. The number of benzene rings is 1. The molecule has 0 aromatic heterocycles. The Morgan fingerprint density at radius 3 is 2.69 bits per heavy atom. The lowest BCUT2D eigenvalue weighted by molar-refractivity contribution is -0.104. The highest BCUT2D eigenvalue weighted by atomic mass is 16.5. The van der Waals surface area contributed by atoms with Gasteiger partial charge in [0.2, 0.25) is 0 Å². The fourth-order valence-corrected chi connectivity index (χ4v) is 1.11. The third-order valence-corrected chi connectivity index (χ3v) is 1.83. The first kappa shape index (κ1) is 9.52. The molecule has 0 aliphatic heterocycles. The zero-order valence-corrected chi connectivity index (χ0v) is 7.78. The van der Waals surface area contributed by atoms with Gasteiger partial charge in [-0.15, -0.1) is 0 Å². The molecular weight excluding hydrogens is 164 g/mol. The Hall–Kier alpha value is -1.57. The Labute approximate surface area is 77.8 Å². The summed E-state index contributed by atoms with van der Waals surface area (Å²) < 4.78 is 5.06. The minimum Gasteiger partial charge on any atom is -0.497 e. The van der Waals surface area contributed by atoms with Crippen molar-refractivity contribution < 1.29 is 9.53 Å². The summed E-state index contributed by atoms with van der Waals surface area (Å²) in [5.41, 5.74) is 2.13. The first-order chi connectivity index (χ1) is 6.27. The number of hydrogen-bond acceptors (Lipinski definition) is 2. The zero-order valence-electron chi connectivity index (χ0n) is 7.78. The molecular formula is C11H12O2. The van der Waals surface area contributed by atoms with E-state index in [4.69, 9.17) is 4.74 Å². The maximum atomic E-state index is 10.1. The molecule has 0 atom stereocenters. The van der Waals surface area contributed by atoms with Gasteiger partial charge < -0.3 is 4.74 Å². The predicted octanol–water partition coefficient (Wildman–Crippen LogP) is 2.22. The molecule has 68 valence electrons. The number of hydrogen-bond donors (Lipinski definition) is 0. The Balaban J connectivity index is 2.98. The van der Waals surface area contributed by atoms with Crippen LogP contribution in [-0.4, -0.2) is 13.4 Å². The van der Waals surface area contributed by atoms with Crippen molar-refractivity contribution in [2.24, 2.45) is 0 Å². The van der Waals surface area contributed by atoms with Crippen molar-refractivity contribution in [1.29, 1.82) is 0 Å². The van der Waals surface area contributed by atoms with E-state index in [0.717, 1.165) is 23.2 Å². The number of carbonyl (C=O) groups excluding carboxylic acids is 1. The second kappa shape index (κ2) is 4.45. The molecule has 0 radical (unpaired) electrons. The van der Waals surface area contributed by atoms with Gasteiger partial charge in [-0.1, -0.05) is 12.1 Å². The van der Waals surface area contributed by atoms with Gasteiger partial charge in [0.05, 0.1) is 7.11 Å². The van der Waals surface area contributed by atoms with Gasteiger partial charge in [-0.25, -0.2) is 0 Å². The largest absolute Gasteiger partial charge is 0.497 e. The smallest absolute Gasteiger partial charge is 0.142 e. The van der Waals surface area contributed by atoms with E-state index in [0.29, 0.717) is 0 Å². The van der Waals surface area contributed by atoms with Gasteiger partial charge in [-0.2, -0.15) is 0 Å². The first-order valence-corrected chi connectivity index (χ1v) is 4.04. The maximum Gasteiger partial charge on any atom is 0.142 e. The average molecular weight is 176 g/mol. The number of carbonyl (C=O) groups is 1. The molecule has 1 aromatic rings. The van der Waals surface area contributed by atoms with E-state index in [1.165, 1.54) is 6.08 Å². The van der Waals surface area contributed by atoms with Crippen molar-refractivity contribution in [2.75, 3.05) is 7.11 Å². The number of rotatable bonds is 3. The van der Waals surface area contributed by atoms with E-state index in [9.17, 15) is 4.79 Å². The van der Waals surface area contributed by atoms with Crippen LogP contribution in [0.5, 0.6) is 5.75 Å². The second-order valence-corrected chi connectivity index (χ2v) is 2.72. The number of ether oxygens (including phenoxy) is 1. The molecule has 0 aliphatic carbocycles. The van der Waals surface area contributed by atoms with Gasteiger partial charge in [-0.3, -0.25) is 4.79 Å². The van der Waals surface area contributed by atoms with E-state index in [1.807, 2.05) is 25.1 Å². The molecule has 0 aliphatic rings. The fraction of sp³-hybridized carbons (Fsp3) is 0.182. The van der Waals surface area contributed by atoms with Crippen LogP contribution >= 0.6 is 0 Å². The highest BCUT2D eigenvalue weighted by molar-refractivity contribution is 5.74. The average Bonchev–Trinajstić information content (AvgIpc) is 2.16. The second-order valence-electron chi connectivity index (χ2n) is 2.72. The van der Waals surface area contributed by atoms with Crippen LogP contribution in [0.15, 0.2) is 24.3 Å². The van der Waals surface area contributed by atoms with E-state index >= 15 is 0 Å². The van der Waals surface area contributed by atoms with Crippen LogP contribution in [0.4, 0.5) is 0 Å². The topological polar surface area (TPSA) is 26.3 Å². The normalized spacial score (nSPS) is 10.3. The Bertz CT molecular complexity index is 327. The highest BCUT2D eigenvalue weighted by Crippen LogP contribution is 2.17. The first-order valence-electron chi connectivity index (χ1n) is 4.04. The monoisotopic (exact) mass is 176 g/mol. The van der Waals surface area contributed by atoms with Gasteiger partial charge in [-0.05, 0) is 36.3 Å². The van der Waals surface area contributed by atoms with Crippen LogP contribution in [0.2, 0.25) is 0 Å². The SMILES string of the molecule is COc1ccc(/C=C/C=O)c(C)c1. The summed E-state index contributed by atoms with van der Waals surface area (Å²) in [5.74, 6) is 0.834. The summed E-state index contributed by atoms with van der Waals surface area (Å²) >= 11 is 0. The molecule has 1 rings (SSSR count). The van der Waals surface area contributed by atoms with Gasteiger partial charge in [0.25, 0.3) is 0 Å². The summed E-state index contributed by atoms with van der Waals surface area (Å²) in [6.07, 6.45) is 4.03. The molecule has 1 aromatic carbocycles. The van der Waals surface area contributed by atoms with Crippen LogP contribution < -0.4 is 4.74 Å². The van der Waals surface area contributed by atoms with Crippen molar-refractivity contribution in [3.63, 3.8) is 0 Å².